The highest BCUT2D eigenvalue weighted by atomic mass is 16.4. The number of rotatable bonds is 3. The van der Waals surface area contributed by atoms with Crippen LogP contribution in [-0.4, -0.2) is 21.6 Å². The molecule has 1 aromatic carbocycles. The van der Waals surface area contributed by atoms with Gasteiger partial charge in [-0.15, -0.1) is 0 Å². The van der Waals surface area contributed by atoms with E-state index in [9.17, 15) is 9.59 Å². The minimum Gasteiger partial charge on any atom is -0.478 e. The van der Waals surface area contributed by atoms with Gasteiger partial charge in [-0.3, -0.25) is 4.79 Å². The SMILES string of the molecule is CC(C)n1c(C(N)=O)cc2c(C(=O)O)cccc21. The van der Waals surface area contributed by atoms with E-state index in [0.29, 0.717) is 16.6 Å². The molecular weight excluding hydrogens is 232 g/mol. The first kappa shape index (κ1) is 12.2. The molecule has 1 aromatic heterocycles. The Hall–Kier alpha value is -2.30. The highest BCUT2D eigenvalue weighted by molar-refractivity contribution is 6.06. The fourth-order valence-corrected chi connectivity index (χ4v) is 2.18. The minimum absolute atomic E-state index is 0.0223. The van der Waals surface area contributed by atoms with Gasteiger partial charge in [0.1, 0.15) is 5.69 Å². The summed E-state index contributed by atoms with van der Waals surface area (Å²) in [6.07, 6.45) is 0. The van der Waals surface area contributed by atoms with Crippen molar-refractivity contribution in [3.8, 4) is 0 Å². The van der Waals surface area contributed by atoms with Crippen LogP contribution in [0.2, 0.25) is 0 Å². The molecule has 2 aromatic rings. The summed E-state index contributed by atoms with van der Waals surface area (Å²) in [5.74, 6) is -1.58. The molecule has 0 atom stereocenters. The summed E-state index contributed by atoms with van der Waals surface area (Å²) in [5, 5.41) is 9.67. The Balaban J connectivity index is 2.88. The maximum atomic E-state index is 11.4. The summed E-state index contributed by atoms with van der Waals surface area (Å²) in [6, 6.07) is 6.53. The third kappa shape index (κ3) is 1.73. The molecule has 3 N–H and O–H groups in total. The molecule has 94 valence electrons. The predicted molar refractivity (Wildman–Crippen MR) is 67.8 cm³/mol. The van der Waals surface area contributed by atoms with Crippen LogP contribution in [0.4, 0.5) is 0 Å². The number of nitrogens with two attached hydrogens (primary N) is 1. The molecule has 0 radical (unpaired) electrons. The number of nitrogens with zero attached hydrogens (tertiary/aromatic N) is 1. The van der Waals surface area contributed by atoms with E-state index in [1.54, 1.807) is 22.8 Å². The summed E-state index contributed by atoms with van der Waals surface area (Å²) < 4.78 is 1.75. The molecule has 0 bridgehead atoms. The van der Waals surface area contributed by atoms with Gasteiger partial charge in [-0.2, -0.15) is 0 Å². The molecule has 18 heavy (non-hydrogen) atoms. The standard InChI is InChI=1S/C13H14N2O3/c1-7(2)15-10-5-3-4-8(13(17)18)9(10)6-11(15)12(14)16/h3-7H,1-2H3,(H2,14,16)(H,17,18). The number of amides is 1. The van der Waals surface area contributed by atoms with Crippen molar-refractivity contribution in [3.05, 3.63) is 35.5 Å². The van der Waals surface area contributed by atoms with E-state index < -0.39 is 11.9 Å². The number of aromatic nitrogens is 1. The van der Waals surface area contributed by atoms with Gasteiger partial charge in [0.2, 0.25) is 0 Å². The molecule has 5 heteroatoms. The molecular formula is C13H14N2O3. The van der Waals surface area contributed by atoms with Gasteiger partial charge < -0.3 is 15.4 Å². The molecule has 1 heterocycles. The second-order valence-corrected chi connectivity index (χ2v) is 4.40. The molecule has 0 fully saturated rings. The van der Waals surface area contributed by atoms with E-state index in [0.717, 1.165) is 0 Å². The fraction of sp³-hybridized carbons (Fsp3) is 0.231. The number of carboxylic acids is 1. The van der Waals surface area contributed by atoms with E-state index in [-0.39, 0.29) is 11.6 Å². The Morgan fingerprint density at radius 3 is 2.50 bits per heavy atom. The van der Waals surface area contributed by atoms with Gasteiger partial charge in [0, 0.05) is 16.9 Å². The van der Waals surface area contributed by atoms with Crippen LogP contribution in [0.25, 0.3) is 10.9 Å². The Labute approximate surface area is 104 Å². The van der Waals surface area contributed by atoms with Gasteiger partial charge in [-0.1, -0.05) is 6.07 Å². The first-order valence-electron chi connectivity index (χ1n) is 5.60. The maximum Gasteiger partial charge on any atom is 0.336 e. The predicted octanol–water partition coefficient (Wildman–Crippen LogP) is 2.02. The molecule has 0 saturated heterocycles. The third-order valence-corrected chi connectivity index (χ3v) is 2.88. The van der Waals surface area contributed by atoms with E-state index in [4.69, 9.17) is 10.8 Å². The van der Waals surface area contributed by atoms with Crippen LogP contribution < -0.4 is 5.73 Å². The lowest BCUT2D eigenvalue weighted by Gasteiger charge is -2.12. The number of fused-ring (bicyclic) bond motifs is 1. The van der Waals surface area contributed by atoms with Gasteiger partial charge in [0.05, 0.1) is 5.56 Å². The minimum atomic E-state index is -1.02. The number of carboxylic acid groups (broad SMARTS) is 1. The van der Waals surface area contributed by atoms with Gasteiger partial charge in [0.15, 0.2) is 0 Å². The maximum absolute atomic E-state index is 11.4. The summed E-state index contributed by atoms with van der Waals surface area (Å²) in [4.78, 5) is 22.6. The molecule has 0 spiro atoms. The number of carbonyl (C=O) groups is 2. The number of aromatic carboxylic acids is 1. The van der Waals surface area contributed by atoms with Gasteiger partial charge >= 0.3 is 5.97 Å². The molecule has 2 rings (SSSR count). The Morgan fingerprint density at radius 1 is 1.33 bits per heavy atom. The van der Waals surface area contributed by atoms with Gasteiger partial charge in [-0.05, 0) is 32.0 Å². The molecule has 5 nitrogen and oxygen atoms in total. The van der Waals surface area contributed by atoms with Crippen molar-refractivity contribution in [2.45, 2.75) is 19.9 Å². The van der Waals surface area contributed by atoms with Crippen LogP contribution in [0.3, 0.4) is 0 Å². The second kappa shape index (κ2) is 4.18. The number of primary amides is 1. The Morgan fingerprint density at radius 2 is 2.00 bits per heavy atom. The largest absolute Gasteiger partial charge is 0.478 e. The average molecular weight is 246 g/mol. The zero-order chi connectivity index (χ0) is 13.4. The topological polar surface area (TPSA) is 85.3 Å². The molecule has 0 aliphatic rings. The van der Waals surface area contributed by atoms with E-state index in [2.05, 4.69) is 0 Å². The third-order valence-electron chi connectivity index (χ3n) is 2.88. The molecule has 0 aliphatic heterocycles. The number of hydrogen-bond donors (Lipinski definition) is 2. The van der Waals surface area contributed by atoms with Crippen LogP contribution >= 0.6 is 0 Å². The van der Waals surface area contributed by atoms with Crippen molar-refractivity contribution >= 4 is 22.8 Å². The van der Waals surface area contributed by atoms with Crippen molar-refractivity contribution in [1.29, 1.82) is 0 Å². The van der Waals surface area contributed by atoms with Crippen LogP contribution in [0, 0.1) is 0 Å². The summed E-state index contributed by atoms with van der Waals surface area (Å²) in [6.45, 7) is 3.83. The van der Waals surface area contributed by atoms with Crippen LogP contribution in [0.1, 0.15) is 40.7 Å². The molecule has 1 amide bonds. The lowest BCUT2D eigenvalue weighted by Crippen LogP contribution is -2.17. The van der Waals surface area contributed by atoms with Crippen LogP contribution in [-0.2, 0) is 0 Å². The van der Waals surface area contributed by atoms with Gasteiger partial charge in [-0.25, -0.2) is 4.79 Å². The van der Waals surface area contributed by atoms with Crippen molar-refractivity contribution in [2.24, 2.45) is 5.73 Å². The quantitative estimate of drug-likeness (QED) is 0.868. The monoisotopic (exact) mass is 246 g/mol. The van der Waals surface area contributed by atoms with Crippen LogP contribution in [0.5, 0.6) is 0 Å². The zero-order valence-electron chi connectivity index (χ0n) is 10.2. The van der Waals surface area contributed by atoms with Gasteiger partial charge in [0.25, 0.3) is 5.91 Å². The Kier molecular flexibility index (Phi) is 2.82. The highest BCUT2D eigenvalue weighted by Crippen LogP contribution is 2.26. The van der Waals surface area contributed by atoms with Crippen molar-refractivity contribution in [2.75, 3.05) is 0 Å². The highest BCUT2D eigenvalue weighted by Gasteiger charge is 2.18. The lowest BCUT2D eigenvalue weighted by atomic mass is 10.1. The first-order chi connectivity index (χ1) is 8.43. The normalized spacial score (nSPS) is 11.1. The van der Waals surface area contributed by atoms with Crippen molar-refractivity contribution < 1.29 is 14.7 Å². The fourth-order valence-electron chi connectivity index (χ4n) is 2.18. The van der Waals surface area contributed by atoms with Crippen molar-refractivity contribution in [3.63, 3.8) is 0 Å². The Bertz CT molecular complexity index is 641. The van der Waals surface area contributed by atoms with Crippen molar-refractivity contribution in [1.82, 2.24) is 4.57 Å². The number of benzene rings is 1. The van der Waals surface area contributed by atoms with E-state index >= 15 is 0 Å². The number of hydrogen-bond acceptors (Lipinski definition) is 2. The zero-order valence-corrected chi connectivity index (χ0v) is 10.2. The molecule has 0 unspecified atom stereocenters. The smallest absolute Gasteiger partial charge is 0.336 e. The molecule has 0 aliphatic carbocycles. The molecule has 0 saturated carbocycles. The van der Waals surface area contributed by atoms with E-state index in [1.807, 2.05) is 13.8 Å². The average Bonchev–Trinajstić information content (AvgIpc) is 2.67. The number of carbonyl (C=O) groups excluding carboxylic acids is 1. The lowest BCUT2D eigenvalue weighted by molar-refractivity contribution is 0.0698. The first-order valence-corrected chi connectivity index (χ1v) is 5.60. The summed E-state index contributed by atoms with van der Waals surface area (Å²) in [5.41, 5.74) is 6.55. The second-order valence-electron chi connectivity index (χ2n) is 4.40. The van der Waals surface area contributed by atoms with E-state index in [1.165, 1.54) is 6.07 Å². The summed E-state index contributed by atoms with van der Waals surface area (Å²) in [7, 11) is 0. The van der Waals surface area contributed by atoms with Crippen LogP contribution in [0.15, 0.2) is 24.3 Å². The summed E-state index contributed by atoms with van der Waals surface area (Å²) >= 11 is 0.